The lowest BCUT2D eigenvalue weighted by Crippen LogP contribution is -2.65. The summed E-state index contributed by atoms with van der Waals surface area (Å²) in [5.74, 6) is -2.27. The van der Waals surface area contributed by atoms with Crippen molar-refractivity contribution in [2.45, 2.75) is 158 Å². The van der Waals surface area contributed by atoms with Crippen molar-refractivity contribution in [1.29, 1.82) is 0 Å². The molecule has 3 fully saturated rings. The van der Waals surface area contributed by atoms with Crippen LogP contribution in [0.5, 0.6) is 0 Å². The largest absolute Gasteiger partial charge is 0.394 e. The Hall–Kier alpha value is -2.59. The first kappa shape index (κ1) is 56.7. The number of carbonyl (C=O) groups is 5. The standard InChI is InChI=1S/C37H66N4O22P2/c1-18(43)9-7-5-6-8-10-27(47)38-11-12-58-37-30(41-21(4)46)36(53)33(50)24(63-37)15-60-65(56,57)17-26-29(40-20(3)45)35(52)32(49)23(62-26)14-59-64(54,55)16-25-28(39-19(2)44)34(51)31(48)22(13-42)61-25/h22-26,28-37,42,48-53H,5-17H2,1-4H3,(H,38,47)(H,39,44)(H,40,45)(H,41,46)(H,54,55)(H,56,57)/t22?,23?,24?,25-,26-,28?,29?,30?,31-,32-,33-,34-,35-,36-,37+/m1/s1. The first-order chi connectivity index (χ1) is 30.4. The second-order valence-electron chi connectivity index (χ2n) is 16.3. The third-order valence-corrected chi connectivity index (χ3v) is 13.5. The van der Waals surface area contributed by atoms with Gasteiger partial charge >= 0.3 is 15.2 Å². The van der Waals surface area contributed by atoms with Crippen molar-refractivity contribution < 1.29 is 107 Å². The van der Waals surface area contributed by atoms with Crippen LogP contribution < -0.4 is 21.3 Å². The maximum absolute atomic E-state index is 13.5. The molecule has 3 rings (SSSR count). The lowest BCUT2D eigenvalue weighted by atomic mass is 9.93. The number of aliphatic hydroxyl groups excluding tert-OH is 7. The van der Waals surface area contributed by atoms with Gasteiger partial charge in [-0.2, -0.15) is 0 Å². The lowest BCUT2D eigenvalue weighted by Gasteiger charge is -2.44. The molecule has 0 spiro atoms. The molecule has 13 N–H and O–H groups in total. The molecule has 17 atom stereocenters. The first-order valence-electron chi connectivity index (χ1n) is 21.1. The summed E-state index contributed by atoms with van der Waals surface area (Å²) in [6.07, 6.45) is -18.6. The molecule has 3 heterocycles. The molecule has 4 amide bonds. The van der Waals surface area contributed by atoms with E-state index in [1.807, 2.05) is 0 Å². The van der Waals surface area contributed by atoms with Crippen LogP contribution in [0.2, 0.25) is 0 Å². The normalized spacial score (nSPS) is 34.6. The van der Waals surface area contributed by atoms with Gasteiger partial charge in [0.15, 0.2) is 6.29 Å². The average molecular weight is 981 g/mol. The van der Waals surface area contributed by atoms with Crippen molar-refractivity contribution in [1.82, 2.24) is 21.3 Å². The highest BCUT2D eigenvalue weighted by Crippen LogP contribution is 2.47. The minimum atomic E-state index is -4.93. The van der Waals surface area contributed by atoms with Crippen LogP contribution in [0.3, 0.4) is 0 Å². The summed E-state index contributed by atoms with van der Waals surface area (Å²) in [7, 11) is -9.79. The Labute approximate surface area is 375 Å². The SMILES string of the molecule is CC(=O)CCCCCCC(=O)NCCO[C@H]1OC(COP(=O)(O)C[C@H]2OC(COP(=O)(O)C[C@H]3OC(CO)[C@@H](O)[C@H](O)C3NC(C)=O)[C@@H](O)[C@H](O)C2NC(C)=O)[C@@H](O)[C@H](O)C1NC(C)=O. The number of hydrogen-bond acceptors (Lipinski definition) is 20. The fourth-order valence-corrected chi connectivity index (χ4v) is 10.0. The molecule has 0 aromatic rings. The molecule has 0 aromatic carbocycles. The maximum atomic E-state index is 13.5. The van der Waals surface area contributed by atoms with Gasteiger partial charge in [0.2, 0.25) is 23.6 Å². The summed E-state index contributed by atoms with van der Waals surface area (Å²) in [6, 6.07) is -4.36. The second kappa shape index (κ2) is 26.2. The van der Waals surface area contributed by atoms with Gasteiger partial charge in [-0.15, -0.1) is 0 Å². The molecule has 0 saturated carbocycles. The molecule has 0 bridgehead atoms. The van der Waals surface area contributed by atoms with Gasteiger partial charge in [-0.3, -0.25) is 28.3 Å². The van der Waals surface area contributed by atoms with E-state index in [1.54, 1.807) is 0 Å². The number of aliphatic hydroxyl groups is 7. The highest BCUT2D eigenvalue weighted by atomic mass is 31.2. The molecule has 0 radical (unpaired) electrons. The summed E-state index contributed by atoms with van der Waals surface area (Å²) in [5.41, 5.74) is 0. The smallest absolute Gasteiger partial charge is 0.330 e. The van der Waals surface area contributed by atoms with E-state index in [0.717, 1.165) is 40.0 Å². The summed E-state index contributed by atoms with van der Waals surface area (Å²) in [5, 5.41) is 83.8. The Morgan fingerprint density at radius 1 is 0.554 bits per heavy atom. The van der Waals surface area contributed by atoms with Crippen LogP contribution in [0.1, 0.15) is 66.2 Å². The Morgan fingerprint density at radius 3 is 1.43 bits per heavy atom. The Morgan fingerprint density at radius 2 is 0.969 bits per heavy atom. The molecular weight excluding hydrogens is 914 g/mol. The van der Waals surface area contributed by atoms with E-state index < -0.39 is 157 Å². The number of ketones is 1. The average Bonchev–Trinajstić information content (AvgIpc) is 3.21. The number of nitrogens with one attached hydrogen (secondary N) is 4. The van der Waals surface area contributed by atoms with Crippen molar-refractivity contribution in [3.8, 4) is 0 Å². The molecule has 0 aromatic heterocycles. The van der Waals surface area contributed by atoms with Crippen molar-refractivity contribution in [2.75, 3.05) is 45.3 Å². The van der Waals surface area contributed by atoms with Crippen LogP contribution in [0.15, 0.2) is 0 Å². The zero-order chi connectivity index (χ0) is 48.8. The van der Waals surface area contributed by atoms with Gasteiger partial charge in [0.25, 0.3) is 0 Å². The van der Waals surface area contributed by atoms with Crippen molar-refractivity contribution in [3.05, 3.63) is 0 Å². The summed E-state index contributed by atoms with van der Waals surface area (Å²) in [4.78, 5) is 80.9. The van der Waals surface area contributed by atoms with Crippen LogP contribution in [-0.4, -0.2) is 212 Å². The number of rotatable bonds is 25. The van der Waals surface area contributed by atoms with Gasteiger partial charge in [-0.05, 0) is 19.8 Å². The summed E-state index contributed by atoms with van der Waals surface area (Å²) < 4.78 is 59.9. The zero-order valence-corrected chi connectivity index (χ0v) is 38.4. The molecule has 65 heavy (non-hydrogen) atoms. The molecule has 8 unspecified atom stereocenters. The van der Waals surface area contributed by atoms with Crippen LogP contribution in [0, 0.1) is 0 Å². The zero-order valence-electron chi connectivity index (χ0n) is 36.6. The molecule has 3 saturated heterocycles. The van der Waals surface area contributed by atoms with Crippen LogP contribution in [-0.2, 0) is 61.1 Å². The molecule has 28 heteroatoms. The highest BCUT2D eigenvalue weighted by molar-refractivity contribution is 7.53. The summed E-state index contributed by atoms with van der Waals surface area (Å²) >= 11 is 0. The van der Waals surface area contributed by atoms with Gasteiger partial charge in [0, 0.05) is 40.2 Å². The lowest BCUT2D eigenvalue weighted by molar-refractivity contribution is -0.268. The Kier molecular flexibility index (Phi) is 22.9. The topological polar surface area (TPSA) is 405 Å². The Bertz CT molecular complexity index is 1680. The van der Waals surface area contributed by atoms with Gasteiger partial charge in [-0.25, -0.2) is 0 Å². The van der Waals surface area contributed by atoms with E-state index in [0.29, 0.717) is 12.8 Å². The molecular formula is C37H66N4O22P2. The number of amides is 4. The molecule has 376 valence electrons. The van der Waals surface area contributed by atoms with E-state index in [2.05, 4.69) is 21.3 Å². The number of carbonyl (C=O) groups excluding carboxylic acids is 5. The number of ether oxygens (including phenoxy) is 4. The van der Waals surface area contributed by atoms with Crippen LogP contribution in [0.4, 0.5) is 0 Å². The maximum Gasteiger partial charge on any atom is 0.330 e. The summed E-state index contributed by atoms with van der Waals surface area (Å²) in [6.45, 7) is 1.87. The van der Waals surface area contributed by atoms with Gasteiger partial charge in [0.05, 0.1) is 63.0 Å². The first-order valence-corrected chi connectivity index (χ1v) is 24.7. The molecule has 0 aliphatic carbocycles. The number of Topliss-reactive ketones (excluding diaryl/α,β-unsaturated/α-hetero) is 1. The second-order valence-corrected chi connectivity index (χ2v) is 20.1. The van der Waals surface area contributed by atoms with Crippen molar-refractivity contribution in [3.63, 3.8) is 0 Å². The van der Waals surface area contributed by atoms with Gasteiger partial charge in [-0.1, -0.05) is 12.8 Å². The minimum Gasteiger partial charge on any atom is -0.394 e. The van der Waals surface area contributed by atoms with Crippen molar-refractivity contribution in [2.24, 2.45) is 0 Å². The fourth-order valence-electron chi connectivity index (χ4n) is 7.52. The van der Waals surface area contributed by atoms with Gasteiger partial charge in [0.1, 0.15) is 66.8 Å². The van der Waals surface area contributed by atoms with E-state index in [-0.39, 0.29) is 31.3 Å². The monoisotopic (exact) mass is 980 g/mol. The predicted molar refractivity (Wildman–Crippen MR) is 221 cm³/mol. The third kappa shape index (κ3) is 18.1. The molecule has 26 nitrogen and oxygen atoms in total. The Balaban J connectivity index is 1.65. The van der Waals surface area contributed by atoms with Crippen LogP contribution >= 0.6 is 15.2 Å². The fraction of sp³-hybridized carbons (Fsp3) is 0.865. The third-order valence-electron chi connectivity index (χ3n) is 10.8. The van der Waals surface area contributed by atoms with E-state index >= 15 is 0 Å². The van der Waals surface area contributed by atoms with E-state index in [1.165, 1.54) is 6.92 Å². The van der Waals surface area contributed by atoms with E-state index in [9.17, 15) is 78.6 Å². The van der Waals surface area contributed by atoms with Crippen LogP contribution in [0.25, 0.3) is 0 Å². The van der Waals surface area contributed by atoms with Crippen molar-refractivity contribution >= 4 is 44.6 Å². The quantitative estimate of drug-likeness (QED) is 0.0302. The highest BCUT2D eigenvalue weighted by Gasteiger charge is 2.51. The molecule has 3 aliphatic rings. The number of unbranched alkanes of at least 4 members (excludes halogenated alkanes) is 3. The van der Waals surface area contributed by atoms with Gasteiger partial charge < -0.3 is 99.6 Å². The predicted octanol–water partition coefficient (Wildman–Crippen LogP) is -4.62. The van der Waals surface area contributed by atoms with E-state index in [4.69, 9.17) is 28.0 Å². The number of hydrogen-bond donors (Lipinski definition) is 13. The molecule has 3 aliphatic heterocycles. The minimum absolute atomic E-state index is 0.0189.